The number of hydrogen-bond donors (Lipinski definition) is 2. The molecule has 0 spiro atoms. The van der Waals surface area contributed by atoms with Crippen molar-refractivity contribution in [2.45, 2.75) is 20.5 Å². The number of hydrazone groups is 1. The van der Waals surface area contributed by atoms with Gasteiger partial charge in [0, 0.05) is 0 Å². The molecule has 2 amide bonds. The van der Waals surface area contributed by atoms with Crippen LogP contribution in [0.2, 0.25) is 0 Å². The van der Waals surface area contributed by atoms with Gasteiger partial charge in [0.1, 0.15) is 18.1 Å². The fourth-order valence-corrected chi connectivity index (χ4v) is 2.83. The van der Waals surface area contributed by atoms with Crippen molar-refractivity contribution in [3.05, 3.63) is 89.5 Å². The number of para-hydroxylation sites is 2. The summed E-state index contributed by atoms with van der Waals surface area (Å²) in [6.45, 7) is 4.81. The lowest BCUT2D eigenvalue weighted by Gasteiger charge is -2.10. The second-order valence-corrected chi connectivity index (χ2v) is 6.87. The Hall–Kier alpha value is -4.13. The molecule has 0 aliphatic rings. The van der Waals surface area contributed by atoms with Crippen LogP contribution in [0.5, 0.6) is 11.5 Å². The lowest BCUT2D eigenvalue weighted by atomic mass is 10.1. The van der Waals surface area contributed by atoms with Crippen LogP contribution in [0.4, 0.5) is 5.69 Å². The summed E-state index contributed by atoms with van der Waals surface area (Å²) in [4.78, 5) is 24.1. The number of nitrogens with zero attached hydrogens (tertiary/aromatic N) is 1. The minimum Gasteiger partial charge on any atom is -0.492 e. The Morgan fingerprint density at radius 3 is 2.38 bits per heavy atom. The Kier molecular flexibility index (Phi) is 7.97. The molecule has 0 aliphatic carbocycles. The zero-order chi connectivity index (χ0) is 22.8. The van der Waals surface area contributed by atoms with Gasteiger partial charge in [0.15, 0.2) is 0 Å². The molecule has 0 unspecified atom stereocenters. The van der Waals surface area contributed by atoms with Gasteiger partial charge in [-0.2, -0.15) is 5.10 Å². The van der Waals surface area contributed by atoms with Crippen molar-refractivity contribution >= 4 is 23.7 Å². The van der Waals surface area contributed by atoms with Gasteiger partial charge in [-0.15, -0.1) is 0 Å². The highest BCUT2D eigenvalue weighted by atomic mass is 16.5. The van der Waals surface area contributed by atoms with Crippen molar-refractivity contribution < 1.29 is 19.1 Å². The third-order valence-corrected chi connectivity index (χ3v) is 4.56. The highest BCUT2D eigenvalue weighted by molar-refractivity contribution is 6.39. The van der Waals surface area contributed by atoms with Crippen molar-refractivity contribution in [3.8, 4) is 11.5 Å². The van der Waals surface area contributed by atoms with E-state index in [9.17, 15) is 9.59 Å². The maximum absolute atomic E-state index is 12.1. The van der Waals surface area contributed by atoms with Crippen molar-refractivity contribution in [1.82, 2.24) is 5.43 Å². The van der Waals surface area contributed by atoms with E-state index in [1.165, 1.54) is 11.8 Å². The summed E-state index contributed by atoms with van der Waals surface area (Å²) in [7, 11) is 0. The normalized spacial score (nSPS) is 10.6. The molecule has 3 aromatic rings. The van der Waals surface area contributed by atoms with Gasteiger partial charge in [0.05, 0.1) is 18.5 Å². The van der Waals surface area contributed by atoms with E-state index >= 15 is 0 Å². The summed E-state index contributed by atoms with van der Waals surface area (Å²) < 4.78 is 11.2. The van der Waals surface area contributed by atoms with E-state index in [2.05, 4.69) is 15.8 Å². The first kappa shape index (κ1) is 22.6. The van der Waals surface area contributed by atoms with Crippen molar-refractivity contribution in [2.24, 2.45) is 5.10 Å². The van der Waals surface area contributed by atoms with Gasteiger partial charge >= 0.3 is 11.8 Å². The topological polar surface area (TPSA) is 89.0 Å². The van der Waals surface area contributed by atoms with Gasteiger partial charge in [-0.3, -0.25) is 9.59 Å². The molecule has 32 heavy (non-hydrogen) atoms. The number of nitrogens with one attached hydrogen (secondary N) is 2. The van der Waals surface area contributed by atoms with E-state index in [1.54, 1.807) is 36.4 Å². The first-order valence-electron chi connectivity index (χ1n) is 10.2. The Balaban J connectivity index is 1.49. The summed E-state index contributed by atoms with van der Waals surface area (Å²) in [6, 6.07) is 22.2. The molecule has 0 bridgehead atoms. The van der Waals surface area contributed by atoms with Gasteiger partial charge in [0.25, 0.3) is 0 Å². The Labute approximate surface area is 187 Å². The molecule has 7 nitrogen and oxygen atoms in total. The molecule has 0 saturated heterocycles. The van der Waals surface area contributed by atoms with E-state index < -0.39 is 11.8 Å². The predicted molar refractivity (Wildman–Crippen MR) is 124 cm³/mol. The Bertz CT molecular complexity index is 1090. The third kappa shape index (κ3) is 6.43. The van der Waals surface area contributed by atoms with E-state index in [0.717, 1.165) is 16.9 Å². The second kappa shape index (κ2) is 11.3. The number of benzene rings is 3. The van der Waals surface area contributed by atoms with Gasteiger partial charge in [-0.05, 0) is 66.9 Å². The number of ether oxygens (including phenoxy) is 2. The lowest BCUT2D eigenvalue weighted by molar-refractivity contribution is -0.136. The molecule has 7 heteroatoms. The molecule has 0 atom stereocenters. The number of anilines is 1. The molecular weight excluding hydrogens is 406 g/mol. The van der Waals surface area contributed by atoms with Gasteiger partial charge in [0.2, 0.25) is 0 Å². The van der Waals surface area contributed by atoms with Crippen LogP contribution < -0.4 is 20.2 Å². The molecule has 3 rings (SSSR count). The standard InChI is InChI=1S/C25H25N3O4/c1-3-31-23-11-7-6-10-22(23)27-24(29)25(30)28-26-16-19-12-14-21(15-13-19)32-17-20-9-5-4-8-18(20)2/h4-16H,3,17H2,1-2H3,(H,27,29)(H,28,30). The van der Waals surface area contributed by atoms with Gasteiger partial charge < -0.3 is 14.8 Å². The minimum absolute atomic E-state index is 0.416. The largest absolute Gasteiger partial charge is 0.492 e. The number of hydrogen-bond acceptors (Lipinski definition) is 5. The van der Waals surface area contributed by atoms with Gasteiger partial charge in [-0.1, -0.05) is 36.4 Å². The van der Waals surface area contributed by atoms with Crippen LogP contribution in [0.1, 0.15) is 23.6 Å². The zero-order valence-electron chi connectivity index (χ0n) is 18.0. The maximum Gasteiger partial charge on any atom is 0.329 e. The van der Waals surface area contributed by atoms with Crippen molar-refractivity contribution in [1.29, 1.82) is 0 Å². The summed E-state index contributed by atoms with van der Waals surface area (Å²) in [5.41, 5.74) is 5.68. The number of carbonyl (C=O) groups is 2. The molecule has 0 radical (unpaired) electrons. The van der Waals surface area contributed by atoms with E-state index in [4.69, 9.17) is 9.47 Å². The fraction of sp³-hybridized carbons (Fsp3) is 0.160. The van der Waals surface area contributed by atoms with Crippen LogP contribution in [-0.2, 0) is 16.2 Å². The zero-order valence-corrected chi connectivity index (χ0v) is 18.0. The maximum atomic E-state index is 12.1. The molecule has 3 aromatic carbocycles. The van der Waals surface area contributed by atoms with Crippen LogP contribution in [-0.4, -0.2) is 24.6 Å². The van der Waals surface area contributed by atoms with Crippen molar-refractivity contribution in [2.75, 3.05) is 11.9 Å². The van der Waals surface area contributed by atoms with Crippen LogP contribution in [0.3, 0.4) is 0 Å². The number of carbonyl (C=O) groups excluding carboxylic acids is 2. The SMILES string of the molecule is CCOc1ccccc1NC(=O)C(=O)NN=Cc1ccc(OCc2ccccc2C)cc1. The number of amides is 2. The molecular formula is C25H25N3O4. The third-order valence-electron chi connectivity index (χ3n) is 4.56. The molecule has 164 valence electrons. The molecule has 0 heterocycles. The summed E-state index contributed by atoms with van der Waals surface area (Å²) >= 11 is 0. The first-order valence-corrected chi connectivity index (χ1v) is 10.2. The van der Waals surface area contributed by atoms with Crippen LogP contribution >= 0.6 is 0 Å². The second-order valence-electron chi connectivity index (χ2n) is 6.87. The fourth-order valence-electron chi connectivity index (χ4n) is 2.83. The minimum atomic E-state index is -0.884. The molecule has 0 aliphatic heterocycles. The highest BCUT2D eigenvalue weighted by Crippen LogP contribution is 2.23. The molecule has 2 N–H and O–H groups in total. The summed E-state index contributed by atoms with van der Waals surface area (Å²) in [6.07, 6.45) is 1.45. The Morgan fingerprint density at radius 1 is 0.906 bits per heavy atom. The van der Waals surface area contributed by atoms with E-state index in [1.807, 2.05) is 50.2 Å². The highest BCUT2D eigenvalue weighted by Gasteiger charge is 2.15. The molecule has 0 fully saturated rings. The van der Waals surface area contributed by atoms with Gasteiger partial charge in [-0.25, -0.2) is 5.43 Å². The Morgan fingerprint density at radius 2 is 1.62 bits per heavy atom. The number of aryl methyl sites for hydroxylation is 1. The molecule has 0 aromatic heterocycles. The summed E-state index contributed by atoms with van der Waals surface area (Å²) in [5.74, 6) is -0.508. The average Bonchev–Trinajstić information content (AvgIpc) is 2.81. The van der Waals surface area contributed by atoms with E-state index in [0.29, 0.717) is 24.7 Å². The van der Waals surface area contributed by atoms with E-state index in [-0.39, 0.29) is 0 Å². The lowest BCUT2D eigenvalue weighted by Crippen LogP contribution is -2.32. The quantitative estimate of drug-likeness (QED) is 0.320. The monoisotopic (exact) mass is 431 g/mol. The number of rotatable bonds is 8. The summed E-state index contributed by atoms with van der Waals surface area (Å²) in [5, 5.41) is 6.36. The first-order chi connectivity index (χ1) is 15.6. The van der Waals surface area contributed by atoms with Crippen LogP contribution in [0.25, 0.3) is 0 Å². The predicted octanol–water partition coefficient (Wildman–Crippen LogP) is 4.06. The average molecular weight is 431 g/mol. The van der Waals surface area contributed by atoms with Crippen molar-refractivity contribution in [3.63, 3.8) is 0 Å². The smallest absolute Gasteiger partial charge is 0.329 e. The van der Waals surface area contributed by atoms with Crippen LogP contribution in [0.15, 0.2) is 77.9 Å². The van der Waals surface area contributed by atoms with Crippen LogP contribution in [0, 0.1) is 6.92 Å². The molecule has 0 saturated carbocycles.